The molecule has 4 rings (SSSR count). The van der Waals surface area contributed by atoms with Gasteiger partial charge in [-0.1, -0.05) is 24.3 Å². The summed E-state index contributed by atoms with van der Waals surface area (Å²) in [5, 5.41) is 0. The van der Waals surface area contributed by atoms with Crippen molar-refractivity contribution < 1.29 is 14.3 Å². The maximum absolute atomic E-state index is 12.7. The first-order chi connectivity index (χ1) is 11.6. The number of amides is 2. The van der Waals surface area contributed by atoms with E-state index in [1.807, 2.05) is 41.3 Å². The van der Waals surface area contributed by atoms with Crippen LogP contribution in [-0.2, 0) is 22.4 Å². The van der Waals surface area contributed by atoms with E-state index in [4.69, 9.17) is 4.74 Å². The Balaban J connectivity index is 1.56. The van der Waals surface area contributed by atoms with E-state index in [9.17, 15) is 9.59 Å². The van der Waals surface area contributed by atoms with Gasteiger partial charge in [-0.15, -0.1) is 0 Å². The Morgan fingerprint density at radius 1 is 1.17 bits per heavy atom. The molecule has 0 bridgehead atoms. The molecule has 2 aliphatic heterocycles. The molecule has 0 aromatic heterocycles. The molecule has 0 saturated heterocycles. The molecule has 0 atom stereocenters. The van der Waals surface area contributed by atoms with Gasteiger partial charge in [0.2, 0.25) is 5.91 Å². The molecule has 0 fully saturated rings. The Bertz CT molecular complexity index is 831. The number of fused-ring (bicyclic) bond motifs is 2. The average Bonchev–Trinajstić information content (AvgIpc) is 3.03. The van der Waals surface area contributed by atoms with Crippen LogP contribution in [0, 0.1) is 0 Å². The molecule has 0 aliphatic carbocycles. The van der Waals surface area contributed by atoms with Gasteiger partial charge in [0.15, 0.2) is 6.61 Å². The lowest BCUT2D eigenvalue weighted by Crippen LogP contribution is -2.35. The zero-order chi connectivity index (χ0) is 16.7. The van der Waals surface area contributed by atoms with Gasteiger partial charge in [0.05, 0.1) is 12.1 Å². The van der Waals surface area contributed by atoms with Gasteiger partial charge in [-0.2, -0.15) is 0 Å². The standard InChI is InChI=1S/C19H18N2O3/c1-20-16-10-13(6-7-17(16)24-12-19(20)23)11-18(22)21-9-8-14-4-2-3-5-15(14)21/h2-7,10H,8-9,11-12H2,1H3. The fourth-order valence-electron chi connectivity index (χ4n) is 3.30. The Kier molecular flexibility index (Phi) is 3.49. The van der Waals surface area contributed by atoms with E-state index in [0.717, 1.165) is 29.9 Å². The second-order valence-electron chi connectivity index (χ2n) is 6.14. The summed E-state index contributed by atoms with van der Waals surface area (Å²) in [6.45, 7) is 0.789. The van der Waals surface area contributed by atoms with Crippen molar-refractivity contribution in [2.24, 2.45) is 0 Å². The molecule has 122 valence electrons. The van der Waals surface area contributed by atoms with Crippen LogP contribution >= 0.6 is 0 Å². The number of anilines is 2. The third-order valence-corrected chi connectivity index (χ3v) is 4.65. The minimum atomic E-state index is -0.0838. The molecule has 24 heavy (non-hydrogen) atoms. The summed E-state index contributed by atoms with van der Waals surface area (Å²) < 4.78 is 5.43. The number of hydrogen-bond acceptors (Lipinski definition) is 3. The molecule has 2 aromatic carbocycles. The number of rotatable bonds is 2. The largest absolute Gasteiger partial charge is 0.482 e. The number of carbonyl (C=O) groups is 2. The van der Waals surface area contributed by atoms with Crippen LogP contribution in [-0.4, -0.2) is 32.0 Å². The molecule has 2 heterocycles. The molecule has 2 aliphatic rings. The number of likely N-dealkylation sites (N-methyl/N-ethyl adjacent to an activating group) is 1. The molecule has 0 unspecified atom stereocenters. The Morgan fingerprint density at radius 2 is 2.00 bits per heavy atom. The van der Waals surface area contributed by atoms with Crippen LogP contribution < -0.4 is 14.5 Å². The van der Waals surface area contributed by atoms with Crippen molar-refractivity contribution in [1.82, 2.24) is 0 Å². The Hall–Kier alpha value is -2.82. The molecule has 5 heteroatoms. The number of benzene rings is 2. The molecule has 2 amide bonds. The summed E-state index contributed by atoms with van der Waals surface area (Å²) in [7, 11) is 1.73. The fraction of sp³-hybridized carbons (Fsp3) is 0.263. The first kappa shape index (κ1) is 14.8. The number of hydrogen-bond donors (Lipinski definition) is 0. The average molecular weight is 322 g/mol. The minimum absolute atomic E-state index is 0.0618. The van der Waals surface area contributed by atoms with Gasteiger partial charge in [-0.25, -0.2) is 0 Å². The van der Waals surface area contributed by atoms with Crippen molar-refractivity contribution in [1.29, 1.82) is 0 Å². The number of carbonyl (C=O) groups excluding carboxylic acids is 2. The van der Waals surface area contributed by atoms with E-state index in [-0.39, 0.29) is 18.4 Å². The molecule has 5 nitrogen and oxygen atoms in total. The molecule has 0 spiro atoms. The van der Waals surface area contributed by atoms with Crippen LogP contribution in [0.1, 0.15) is 11.1 Å². The van der Waals surface area contributed by atoms with E-state index in [2.05, 4.69) is 6.07 Å². The van der Waals surface area contributed by atoms with E-state index in [0.29, 0.717) is 12.2 Å². The predicted molar refractivity (Wildman–Crippen MR) is 91.6 cm³/mol. The van der Waals surface area contributed by atoms with E-state index in [1.54, 1.807) is 11.9 Å². The highest BCUT2D eigenvalue weighted by Crippen LogP contribution is 2.33. The Morgan fingerprint density at radius 3 is 2.88 bits per heavy atom. The SMILES string of the molecule is CN1C(=O)COc2ccc(CC(=O)N3CCc4ccccc43)cc21. The van der Waals surface area contributed by atoms with Crippen LogP contribution in [0.5, 0.6) is 5.75 Å². The van der Waals surface area contributed by atoms with Crippen molar-refractivity contribution in [2.75, 3.05) is 30.0 Å². The lowest BCUT2D eigenvalue weighted by Gasteiger charge is -2.26. The third-order valence-electron chi connectivity index (χ3n) is 4.65. The quantitative estimate of drug-likeness (QED) is 0.851. The summed E-state index contributed by atoms with van der Waals surface area (Å²) in [4.78, 5) is 27.9. The smallest absolute Gasteiger partial charge is 0.264 e. The third kappa shape index (κ3) is 2.42. The highest BCUT2D eigenvalue weighted by molar-refractivity contribution is 5.99. The van der Waals surface area contributed by atoms with Crippen LogP contribution in [0.25, 0.3) is 0 Å². The summed E-state index contributed by atoms with van der Waals surface area (Å²) in [5.41, 5.74) is 3.83. The van der Waals surface area contributed by atoms with Crippen molar-refractivity contribution in [2.45, 2.75) is 12.8 Å². The maximum atomic E-state index is 12.7. The highest BCUT2D eigenvalue weighted by Gasteiger charge is 2.26. The zero-order valence-corrected chi connectivity index (χ0v) is 13.5. The normalized spacial score (nSPS) is 15.8. The van der Waals surface area contributed by atoms with Crippen molar-refractivity contribution in [3.05, 3.63) is 53.6 Å². The van der Waals surface area contributed by atoms with Gasteiger partial charge < -0.3 is 14.5 Å². The van der Waals surface area contributed by atoms with Gasteiger partial charge in [0.25, 0.3) is 5.91 Å². The van der Waals surface area contributed by atoms with Crippen LogP contribution in [0.2, 0.25) is 0 Å². The topological polar surface area (TPSA) is 49.9 Å². The van der Waals surface area contributed by atoms with E-state index >= 15 is 0 Å². The highest BCUT2D eigenvalue weighted by atomic mass is 16.5. The van der Waals surface area contributed by atoms with Crippen LogP contribution in [0.15, 0.2) is 42.5 Å². The van der Waals surface area contributed by atoms with Gasteiger partial charge in [-0.3, -0.25) is 9.59 Å². The summed E-state index contributed by atoms with van der Waals surface area (Å²) in [6.07, 6.45) is 1.21. The second-order valence-corrected chi connectivity index (χ2v) is 6.14. The van der Waals surface area contributed by atoms with Gasteiger partial charge >= 0.3 is 0 Å². The molecule has 0 saturated carbocycles. The fourth-order valence-corrected chi connectivity index (χ4v) is 3.30. The first-order valence-corrected chi connectivity index (χ1v) is 8.04. The van der Waals surface area contributed by atoms with E-state index in [1.165, 1.54) is 5.56 Å². The molecule has 2 aromatic rings. The molecule has 0 radical (unpaired) electrons. The lowest BCUT2D eigenvalue weighted by atomic mass is 10.1. The summed E-state index contributed by atoms with van der Waals surface area (Å²) in [6, 6.07) is 13.6. The number of para-hydroxylation sites is 1. The van der Waals surface area contributed by atoms with Crippen LogP contribution in [0.3, 0.4) is 0 Å². The van der Waals surface area contributed by atoms with Crippen molar-refractivity contribution in [3.8, 4) is 5.75 Å². The molecular weight excluding hydrogens is 304 g/mol. The van der Waals surface area contributed by atoms with Gasteiger partial charge in [0.1, 0.15) is 5.75 Å². The monoisotopic (exact) mass is 322 g/mol. The lowest BCUT2D eigenvalue weighted by molar-refractivity contribution is -0.121. The number of ether oxygens (including phenoxy) is 1. The van der Waals surface area contributed by atoms with Gasteiger partial charge in [0, 0.05) is 19.3 Å². The predicted octanol–water partition coefficient (Wildman–Crippen LogP) is 2.17. The molecular formula is C19H18N2O3. The van der Waals surface area contributed by atoms with Crippen LogP contribution in [0.4, 0.5) is 11.4 Å². The summed E-state index contributed by atoms with van der Waals surface area (Å²) >= 11 is 0. The Labute approximate surface area is 140 Å². The van der Waals surface area contributed by atoms with Gasteiger partial charge in [-0.05, 0) is 35.7 Å². The number of nitrogens with zero attached hydrogens (tertiary/aromatic N) is 2. The minimum Gasteiger partial charge on any atom is -0.482 e. The zero-order valence-electron chi connectivity index (χ0n) is 13.5. The first-order valence-electron chi connectivity index (χ1n) is 8.04. The summed E-state index contributed by atoms with van der Waals surface area (Å²) in [5.74, 6) is 0.671. The van der Waals surface area contributed by atoms with E-state index < -0.39 is 0 Å². The molecule has 0 N–H and O–H groups in total. The maximum Gasteiger partial charge on any atom is 0.264 e. The van der Waals surface area contributed by atoms with Crippen molar-refractivity contribution >= 4 is 23.2 Å². The second kappa shape index (κ2) is 5.67. The van der Waals surface area contributed by atoms with Crippen molar-refractivity contribution in [3.63, 3.8) is 0 Å².